The Bertz CT molecular complexity index is 437. The Hall–Kier alpha value is -1.07. The average Bonchev–Trinajstić information content (AvgIpc) is 2.01. The molecule has 0 radical (unpaired) electrons. The predicted molar refractivity (Wildman–Crippen MR) is 55.3 cm³/mol. The molecule has 1 aromatic rings. The first-order chi connectivity index (χ1) is 6.34. The summed E-state index contributed by atoms with van der Waals surface area (Å²) in [5.41, 5.74) is 1.03. The molecule has 14 heavy (non-hydrogen) atoms. The van der Waals surface area contributed by atoms with Gasteiger partial charge in [0.2, 0.25) is 0 Å². The van der Waals surface area contributed by atoms with Gasteiger partial charge in [0, 0.05) is 14.1 Å². The van der Waals surface area contributed by atoms with E-state index in [0.717, 1.165) is 0 Å². The van der Waals surface area contributed by atoms with Crippen LogP contribution in [0.15, 0.2) is 23.1 Å². The van der Waals surface area contributed by atoms with Gasteiger partial charge in [0.25, 0.3) is 10.1 Å². The summed E-state index contributed by atoms with van der Waals surface area (Å²) in [6, 6.07) is 5.05. The van der Waals surface area contributed by atoms with Gasteiger partial charge in [0.05, 0.1) is 5.69 Å². The zero-order valence-electron chi connectivity index (χ0n) is 8.35. The molecule has 0 saturated carbocycles. The minimum Gasteiger partial charge on any atom is -0.377 e. The van der Waals surface area contributed by atoms with E-state index in [1.807, 2.05) is 0 Å². The van der Waals surface area contributed by atoms with Crippen molar-refractivity contribution < 1.29 is 13.0 Å². The van der Waals surface area contributed by atoms with Crippen LogP contribution in [0.1, 0.15) is 5.56 Å². The van der Waals surface area contributed by atoms with Gasteiger partial charge < -0.3 is 4.90 Å². The summed E-state index contributed by atoms with van der Waals surface area (Å²) in [7, 11) is -0.700. The summed E-state index contributed by atoms with van der Waals surface area (Å²) < 4.78 is 31.3. The van der Waals surface area contributed by atoms with Crippen molar-refractivity contribution in [3.63, 3.8) is 0 Å². The molecule has 0 aliphatic heterocycles. The highest BCUT2D eigenvalue weighted by Gasteiger charge is 2.18. The summed E-state index contributed by atoms with van der Waals surface area (Å²) in [5, 5.41) is 0. The fourth-order valence-corrected chi connectivity index (χ4v) is 2.31. The summed E-state index contributed by atoms with van der Waals surface area (Å²) in [6.07, 6.45) is 0. The van der Waals surface area contributed by atoms with E-state index >= 15 is 0 Å². The van der Waals surface area contributed by atoms with Gasteiger partial charge >= 0.3 is 0 Å². The number of hydrogen-bond donors (Lipinski definition) is 1. The second-order valence-corrected chi connectivity index (χ2v) is 4.65. The highest BCUT2D eigenvalue weighted by Crippen LogP contribution is 2.26. The van der Waals surface area contributed by atoms with Crippen molar-refractivity contribution in [1.29, 1.82) is 0 Å². The molecule has 0 saturated heterocycles. The van der Waals surface area contributed by atoms with Gasteiger partial charge in [-0.05, 0) is 18.6 Å². The lowest BCUT2D eigenvalue weighted by Crippen LogP contribution is -2.14. The van der Waals surface area contributed by atoms with Gasteiger partial charge in [0.1, 0.15) is 4.90 Å². The molecular formula is C9H13NO3S. The molecule has 78 valence electrons. The third-order valence-corrected chi connectivity index (χ3v) is 2.98. The molecule has 0 aliphatic rings. The van der Waals surface area contributed by atoms with Gasteiger partial charge in [0.15, 0.2) is 0 Å². The van der Waals surface area contributed by atoms with Crippen molar-refractivity contribution >= 4 is 15.8 Å². The molecule has 4 nitrogen and oxygen atoms in total. The summed E-state index contributed by atoms with van der Waals surface area (Å²) in [5.74, 6) is 0. The summed E-state index contributed by atoms with van der Waals surface area (Å²) in [4.78, 5) is 1.63. The largest absolute Gasteiger partial charge is 0.377 e. The molecular weight excluding hydrogens is 202 g/mol. The van der Waals surface area contributed by atoms with Crippen LogP contribution in [0.3, 0.4) is 0 Å². The highest BCUT2D eigenvalue weighted by molar-refractivity contribution is 7.86. The minimum absolute atomic E-state index is 0.0231. The molecule has 0 unspecified atom stereocenters. The van der Waals surface area contributed by atoms with E-state index < -0.39 is 10.1 Å². The van der Waals surface area contributed by atoms with Crippen LogP contribution in [0.25, 0.3) is 0 Å². The maximum atomic E-state index is 11.1. The van der Waals surface area contributed by atoms with E-state index in [0.29, 0.717) is 11.3 Å². The number of hydrogen-bond acceptors (Lipinski definition) is 3. The lowest BCUT2D eigenvalue weighted by Gasteiger charge is -2.17. The number of aryl methyl sites for hydroxylation is 1. The smallest absolute Gasteiger partial charge is 0.296 e. The molecule has 1 N–H and O–H groups in total. The molecule has 0 amide bonds. The van der Waals surface area contributed by atoms with Crippen molar-refractivity contribution in [1.82, 2.24) is 0 Å². The summed E-state index contributed by atoms with van der Waals surface area (Å²) in [6.45, 7) is 1.65. The molecule has 0 heterocycles. The predicted octanol–water partition coefficient (Wildman–Crippen LogP) is 1.31. The van der Waals surface area contributed by atoms with Crippen molar-refractivity contribution in [2.45, 2.75) is 11.8 Å². The van der Waals surface area contributed by atoms with Crippen LogP contribution in [0, 0.1) is 6.92 Å². The van der Waals surface area contributed by atoms with Crippen molar-refractivity contribution in [3.8, 4) is 0 Å². The minimum atomic E-state index is -4.15. The lowest BCUT2D eigenvalue weighted by molar-refractivity contribution is 0.482. The van der Waals surface area contributed by atoms with Crippen LogP contribution < -0.4 is 4.90 Å². The number of benzene rings is 1. The Morgan fingerprint density at radius 2 is 1.86 bits per heavy atom. The molecule has 0 spiro atoms. The van der Waals surface area contributed by atoms with Gasteiger partial charge in [-0.15, -0.1) is 0 Å². The lowest BCUT2D eigenvalue weighted by atomic mass is 10.2. The van der Waals surface area contributed by atoms with E-state index in [1.165, 1.54) is 0 Å². The summed E-state index contributed by atoms with van der Waals surface area (Å²) >= 11 is 0. The molecule has 1 rings (SSSR count). The third-order valence-electron chi connectivity index (χ3n) is 1.93. The topological polar surface area (TPSA) is 57.6 Å². The van der Waals surface area contributed by atoms with Gasteiger partial charge in [-0.3, -0.25) is 4.55 Å². The fourth-order valence-electron chi connectivity index (χ4n) is 1.32. The van der Waals surface area contributed by atoms with E-state index in [-0.39, 0.29) is 4.90 Å². The second-order valence-electron chi connectivity index (χ2n) is 3.29. The van der Waals surface area contributed by atoms with Crippen LogP contribution in [0.4, 0.5) is 5.69 Å². The monoisotopic (exact) mass is 215 g/mol. The van der Waals surface area contributed by atoms with E-state index in [9.17, 15) is 8.42 Å². The first-order valence-corrected chi connectivity index (χ1v) is 5.52. The number of anilines is 1. The first-order valence-electron chi connectivity index (χ1n) is 4.08. The van der Waals surface area contributed by atoms with E-state index in [2.05, 4.69) is 0 Å². The van der Waals surface area contributed by atoms with Gasteiger partial charge in [-0.25, -0.2) is 0 Å². The molecule has 0 atom stereocenters. The Labute approximate surface area is 83.9 Å². The Morgan fingerprint density at radius 1 is 1.29 bits per heavy atom. The van der Waals surface area contributed by atoms with Crippen molar-refractivity contribution in [2.75, 3.05) is 19.0 Å². The normalized spacial score (nSPS) is 11.4. The second kappa shape index (κ2) is 3.59. The Kier molecular flexibility index (Phi) is 2.82. The Balaban J connectivity index is 3.54. The number of rotatable bonds is 2. The van der Waals surface area contributed by atoms with Gasteiger partial charge in [-0.1, -0.05) is 12.1 Å². The zero-order chi connectivity index (χ0) is 10.9. The van der Waals surface area contributed by atoms with Crippen molar-refractivity contribution in [2.24, 2.45) is 0 Å². The Morgan fingerprint density at radius 3 is 2.21 bits per heavy atom. The molecule has 0 fully saturated rings. The molecule has 5 heteroatoms. The highest BCUT2D eigenvalue weighted by atomic mass is 32.2. The van der Waals surface area contributed by atoms with Gasteiger partial charge in [-0.2, -0.15) is 8.42 Å². The maximum Gasteiger partial charge on any atom is 0.296 e. The van der Waals surface area contributed by atoms with E-state index in [1.54, 1.807) is 44.1 Å². The zero-order valence-corrected chi connectivity index (χ0v) is 9.17. The van der Waals surface area contributed by atoms with Crippen LogP contribution in [0.2, 0.25) is 0 Å². The standard InChI is InChI=1S/C9H13NO3S/c1-7-5-4-6-8(10(2)3)9(7)14(11,12)13/h4-6H,1-3H3,(H,11,12,13). The van der Waals surface area contributed by atoms with Crippen LogP contribution in [-0.2, 0) is 10.1 Å². The van der Waals surface area contributed by atoms with Crippen LogP contribution in [-0.4, -0.2) is 27.1 Å². The molecule has 1 aromatic carbocycles. The van der Waals surface area contributed by atoms with E-state index in [4.69, 9.17) is 4.55 Å². The van der Waals surface area contributed by atoms with Crippen LogP contribution >= 0.6 is 0 Å². The first kappa shape index (κ1) is 11.0. The number of nitrogens with zero attached hydrogens (tertiary/aromatic N) is 1. The molecule has 0 bridgehead atoms. The van der Waals surface area contributed by atoms with Crippen LogP contribution in [0.5, 0.6) is 0 Å². The third kappa shape index (κ3) is 2.05. The SMILES string of the molecule is Cc1cccc(N(C)C)c1S(=O)(=O)O. The fraction of sp³-hybridized carbons (Fsp3) is 0.333. The molecule has 0 aromatic heterocycles. The molecule has 0 aliphatic carbocycles. The average molecular weight is 215 g/mol. The van der Waals surface area contributed by atoms with Crippen molar-refractivity contribution in [3.05, 3.63) is 23.8 Å². The quantitative estimate of drug-likeness (QED) is 0.756. The maximum absolute atomic E-state index is 11.1.